The zero-order valence-electron chi connectivity index (χ0n) is 10.0. The second-order valence-corrected chi connectivity index (χ2v) is 4.31. The molecule has 98 valence electrons. The van der Waals surface area contributed by atoms with Crippen LogP contribution in [0.25, 0.3) is 0 Å². The molecule has 0 radical (unpaired) electrons. The Labute approximate surface area is 115 Å². The number of nitrogens with one attached hydrogen (secondary N) is 1. The zero-order chi connectivity index (χ0) is 13.7. The van der Waals surface area contributed by atoms with Gasteiger partial charge in [-0.1, -0.05) is 23.7 Å². The molecule has 0 aliphatic rings. The summed E-state index contributed by atoms with van der Waals surface area (Å²) in [4.78, 5) is 10.8. The molecular weight excluding hydrogens is 266 g/mol. The molecule has 6 heteroatoms. The summed E-state index contributed by atoms with van der Waals surface area (Å²) in [6.07, 6.45) is 0.700. The summed E-state index contributed by atoms with van der Waals surface area (Å²) >= 11 is 5.63. The Morgan fingerprint density at radius 2 is 2.11 bits per heavy atom. The molecule has 1 aromatic carbocycles. The van der Waals surface area contributed by atoms with Crippen LogP contribution in [0.3, 0.4) is 0 Å². The number of anilines is 1. The fourth-order valence-electron chi connectivity index (χ4n) is 1.61. The Balaban J connectivity index is 1.90. The topological polar surface area (TPSA) is 75.1 Å². The van der Waals surface area contributed by atoms with E-state index >= 15 is 0 Å². The highest BCUT2D eigenvalue weighted by molar-refractivity contribution is 6.29. The van der Waals surface area contributed by atoms with E-state index in [4.69, 9.17) is 16.7 Å². The Bertz CT molecular complexity index is 572. The number of aromatic carboxylic acids is 1. The maximum absolute atomic E-state index is 10.8. The lowest BCUT2D eigenvalue weighted by Gasteiger charge is -2.05. The van der Waals surface area contributed by atoms with Crippen molar-refractivity contribution in [2.75, 3.05) is 11.9 Å². The normalized spacial score (nSPS) is 10.2. The molecule has 1 aromatic heterocycles. The minimum Gasteiger partial charge on any atom is -0.478 e. The Kier molecular flexibility index (Phi) is 4.30. The first-order valence-electron chi connectivity index (χ1n) is 5.70. The van der Waals surface area contributed by atoms with Crippen LogP contribution < -0.4 is 5.32 Å². The molecule has 0 unspecified atom stereocenters. The van der Waals surface area contributed by atoms with Crippen molar-refractivity contribution < 1.29 is 9.90 Å². The molecule has 0 bridgehead atoms. The molecule has 2 N–H and O–H groups in total. The first-order chi connectivity index (χ1) is 9.15. The standard InChI is InChI=1S/C13H12ClN3O2/c14-11-4-5-12(17-16-11)15-7-6-9-2-1-3-10(8-9)13(18)19/h1-5,8H,6-7H2,(H,15,17)(H,18,19). The van der Waals surface area contributed by atoms with E-state index in [0.29, 0.717) is 29.5 Å². The smallest absolute Gasteiger partial charge is 0.335 e. The van der Waals surface area contributed by atoms with Crippen LogP contribution >= 0.6 is 11.6 Å². The summed E-state index contributed by atoms with van der Waals surface area (Å²) in [6.45, 7) is 0.638. The quantitative estimate of drug-likeness (QED) is 0.878. The van der Waals surface area contributed by atoms with Gasteiger partial charge in [0.2, 0.25) is 0 Å². The predicted octanol–water partition coefficient (Wildman–Crippen LogP) is 2.48. The minimum absolute atomic E-state index is 0.295. The molecule has 0 saturated carbocycles. The molecule has 0 fully saturated rings. The summed E-state index contributed by atoms with van der Waals surface area (Å²) in [7, 11) is 0. The number of carbonyl (C=O) groups is 1. The highest BCUT2D eigenvalue weighted by atomic mass is 35.5. The number of carboxylic acids is 1. The Morgan fingerprint density at radius 1 is 1.26 bits per heavy atom. The highest BCUT2D eigenvalue weighted by Gasteiger charge is 2.03. The first kappa shape index (κ1) is 13.3. The van der Waals surface area contributed by atoms with E-state index < -0.39 is 5.97 Å². The average Bonchev–Trinajstić information content (AvgIpc) is 2.41. The van der Waals surface area contributed by atoms with Crippen LogP contribution in [0, 0.1) is 0 Å². The van der Waals surface area contributed by atoms with E-state index in [1.54, 1.807) is 30.3 Å². The fraction of sp³-hybridized carbons (Fsp3) is 0.154. The Hall–Kier alpha value is -2.14. The molecule has 0 aliphatic carbocycles. The number of benzene rings is 1. The number of nitrogens with zero attached hydrogens (tertiary/aromatic N) is 2. The summed E-state index contributed by atoms with van der Waals surface area (Å²) in [6, 6.07) is 10.3. The van der Waals surface area contributed by atoms with Crippen molar-refractivity contribution in [1.29, 1.82) is 0 Å². The molecule has 2 rings (SSSR count). The fourth-order valence-corrected chi connectivity index (χ4v) is 1.71. The second-order valence-electron chi connectivity index (χ2n) is 3.92. The molecule has 0 aliphatic heterocycles. The summed E-state index contributed by atoms with van der Waals surface area (Å²) in [5.41, 5.74) is 1.25. The van der Waals surface area contributed by atoms with Crippen LogP contribution in [0.1, 0.15) is 15.9 Å². The lowest BCUT2D eigenvalue weighted by Crippen LogP contribution is -2.07. The minimum atomic E-state index is -0.918. The molecular formula is C13H12ClN3O2. The molecule has 1 heterocycles. The highest BCUT2D eigenvalue weighted by Crippen LogP contribution is 2.08. The van der Waals surface area contributed by atoms with Gasteiger partial charge in [0, 0.05) is 6.54 Å². The van der Waals surface area contributed by atoms with Crippen LogP contribution in [0.2, 0.25) is 5.15 Å². The van der Waals surface area contributed by atoms with Gasteiger partial charge in [0.25, 0.3) is 0 Å². The molecule has 0 amide bonds. The number of aromatic nitrogens is 2. The van der Waals surface area contributed by atoms with Gasteiger partial charge in [0.05, 0.1) is 5.56 Å². The van der Waals surface area contributed by atoms with Crippen LogP contribution in [-0.4, -0.2) is 27.8 Å². The number of hydrogen-bond acceptors (Lipinski definition) is 4. The maximum Gasteiger partial charge on any atom is 0.335 e. The van der Waals surface area contributed by atoms with Crippen molar-refractivity contribution in [3.05, 3.63) is 52.7 Å². The maximum atomic E-state index is 10.8. The van der Waals surface area contributed by atoms with Crippen molar-refractivity contribution >= 4 is 23.4 Å². The van der Waals surface area contributed by atoms with Crippen molar-refractivity contribution in [3.63, 3.8) is 0 Å². The number of hydrogen-bond donors (Lipinski definition) is 2. The number of rotatable bonds is 5. The van der Waals surface area contributed by atoms with Gasteiger partial charge in [-0.05, 0) is 36.2 Å². The Morgan fingerprint density at radius 3 is 2.79 bits per heavy atom. The van der Waals surface area contributed by atoms with Crippen molar-refractivity contribution in [3.8, 4) is 0 Å². The van der Waals surface area contributed by atoms with E-state index in [1.807, 2.05) is 6.07 Å². The molecule has 0 atom stereocenters. The monoisotopic (exact) mass is 277 g/mol. The van der Waals surface area contributed by atoms with E-state index in [2.05, 4.69) is 15.5 Å². The van der Waals surface area contributed by atoms with E-state index in [-0.39, 0.29) is 0 Å². The van der Waals surface area contributed by atoms with Gasteiger partial charge in [-0.15, -0.1) is 10.2 Å². The van der Waals surface area contributed by atoms with Crippen LogP contribution in [0.15, 0.2) is 36.4 Å². The van der Waals surface area contributed by atoms with E-state index in [9.17, 15) is 4.79 Å². The van der Waals surface area contributed by atoms with Gasteiger partial charge < -0.3 is 10.4 Å². The van der Waals surface area contributed by atoms with Crippen LogP contribution in [0.4, 0.5) is 5.82 Å². The first-order valence-corrected chi connectivity index (χ1v) is 6.08. The number of halogens is 1. The van der Waals surface area contributed by atoms with Crippen molar-refractivity contribution in [2.45, 2.75) is 6.42 Å². The van der Waals surface area contributed by atoms with Crippen molar-refractivity contribution in [2.24, 2.45) is 0 Å². The second kappa shape index (κ2) is 6.15. The van der Waals surface area contributed by atoms with Gasteiger partial charge in [-0.25, -0.2) is 4.79 Å². The molecule has 19 heavy (non-hydrogen) atoms. The molecule has 5 nitrogen and oxygen atoms in total. The predicted molar refractivity (Wildman–Crippen MR) is 72.6 cm³/mol. The molecule has 0 spiro atoms. The van der Waals surface area contributed by atoms with Gasteiger partial charge in [-0.2, -0.15) is 0 Å². The third-order valence-corrected chi connectivity index (χ3v) is 2.73. The van der Waals surface area contributed by atoms with E-state index in [0.717, 1.165) is 5.56 Å². The van der Waals surface area contributed by atoms with Gasteiger partial charge >= 0.3 is 5.97 Å². The third-order valence-electron chi connectivity index (χ3n) is 2.53. The van der Waals surface area contributed by atoms with Crippen LogP contribution in [-0.2, 0) is 6.42 Å². The third kappa shape index (κ3) is 3.93. The van der Waals surface area contributed by atoms with Crippen molar-refractivity contribution in [1.82, 2.24) is 10.2 Å². The van der Waals surface area contributed by atoms with Gasteiger partial charge in [0.15, 0.2) is 5.15 Å². The SMILES string of the molecule is O=C(O)c1cccc(CCNc2ccc(Cl)nn2)c1. The van der Waals surface area contributed by atoms with Gasteiger partial charge in [-0.3, -0.25) is 0 Å². The summed E-state index contributed by atoms with van der Waals surface area (Å²) < 4.78 is 0. The zero-order valence-corrected chi connectivity index (χ0v) is 10.8. The lowest BCUT2D eigenvalue weighted by atomic mass is 10.1. The molecule has 0 saturated heterocycles. The van der Waals surface area contributed by atoms with Crippen LogP contribution in [0.5, 0.6) is 0 Å². The lowest BCUT2D eigenvalue weighted by molar-refractivity contribution is 0.0697. The molecule has 2 aromatic rings. The summed E-state index contributed by atoms with van der Waals surface area (Å²) in [5.74, 6) is -0.280. The number of carboxylic acid groups (broad SMARTS) is 1. The van der Waals surface area contributed by atoms with E-state index in [1.165, 1.54) is 0 Å². The largest absolute Gasteiger partial charge is 0.478 e. The summed E-state index contributed by atoms with van der Waals surface area (Å²) in [5, 5.41) is 19.9. The average molecular weight is 278 g/mol. The van der Waals surface area contributed by atoms with Gasteiger partial charge in [0.1, 0.15) is 5.82 Å².